The summed E-state index contributed by atoms with van der Waals surface area (Å²) >= 11 is 0. The van der Waals surface area contributed by atoms with Crippen molar-refractivity contribution in [1.29, 1.82) is 0 Å². The lowest BCUT2D eigenvalue weighted by Gasteiger charge is -2.33. The van der Waals surface area contributed by atoms with Crippen LogP contribution < -0.4 is 5.32 Å². The quantitative estimate of drug-likeness (QED) is 0.653. The van der Waals surface area contributed by atoms with Gasteiger partial charge < -0.3 is 20.1 Å². The summed E-state index contributed by atoms with van der Waals surface area (Å²) in [5.41, 5.74) is 0.410. The Kier molecular flexibility index (Phi) is 7.95. The van der Waals surface area contributed by atoms with E-state index in [-0.39, 0.29) is 18.2 Å². The number of amides is 2. The van der Waals surface area contributed by atoms with Crippen molar-refractivity contribution in [2.75, 3.05) is 19.6 Å². The number of fused-ring (bicyclic) bond motifs is 1. The number of benzene rings is 2. The normalized spacial score (nSPS) is 15.8. The van der Waals surface area contributed by atoms with Crippen molar-refractivity contribution in [2.24, 2.45) is 11.8 Å². The van der Waals surface area contributed by atoms with Crippen molar-refractivity contribution in [1.82, 2.24) is 10.2 Å². The maximum absolute atomic E-state index is 12.9. The minimum atomic E-state index is -0.951. The Balaban J connectivity index is 1.51. The lowest BCUT2D eigenvalue weighted by molar-refractivity contribution is -0.146. The van der Waals surface area contributed by atoms with Crippen molar-refractivity contribution in [2.45, 2.75) is 52.1 Å². The van der Waals surface area contributed by atoms with Gasteiger partial charge in [-0.2, -0.15) is 0 Å². The number of alkyl carbamates (subject to hydrolysis) is 1. The summed E-state index contributed by atoms with van der Waals surface area (Å²) in [5, 5.41) is 14.7. The summed E-state index contributed by atoms with van der Waals surface area (Å²) in [5.74, 6) is -1.57. The molecule has 0 saturated carbocycles. The number of hydrogen-bond acceptors (Lipinski definition) is 4. The monoisotopic (exact) mass is 454 g/mol. The summed E-state index contributed by atoms with van der Waals surface area (Å²) in [7, 11) is 0. The van der Waals surface area contributed by atoms with E-state index in [1.807, 2.05) is 63.2 Å². The average Bonchev–Trinajstić information content (AvgIpc) is 2.76. The van der Waals surface area contributed by atoms with Crippen molar-refractivity contribution in [3.05, 3.63) is 48.0 Å². The first kappa shape index (κ1) is 24.6. The number of nitrogens with one attached hydrogen (secondary N) is 1. The van der Waals surface area contributed by atoms with Gasteiger partial charge in [0.05, 0.1) is 5.92 Å². The Labute approximate surface area is 195 Å². The molecule has 178 valence electrons. The van der Waals surface area contributed by atoms with Crippen LogP contribution in [-0.4, -0.2) is 53.2 Å². The molecule has 7 nitrogen and oxygen atoms in total. The van der Waals surface area contributed by atoms with Gasteiger partial charge in [-0.15, -0.1) is 0 Å². The maximum atomic E-state index is 12.9. The molecule has 1 aliphatic heterocycles. The van der Waals surface area contributed by atoms with E-state index in [1.54, 1.807) is 4.90 Å². The maximum Gasteiger partial charge on any atom is 0.407 e. The SMILES string of the molecule is CC(C)(C)OC(=O)NCC1CCN(C(=O)CC(Cc2cccc3ccccc23)C(=O)O)CC1. The first-order valence-electron chi connectivity index (χ1n) is 11.6. The van der Waals surface area contributed by atoms with E-state index in [9.17, 15) is 19.5 Å². The van der Waals surface area contributed by atoms with Crippen LogP contribution in [0.15, 0.2) is 42.5 Å². The minimum Gasteiger partial charge on any atom is -0.481 e. The smallest absolute Gasteiger partial charge is 0.407 e. The van der Waals surface area contributed by atoms with Gasteiger partial charge in [0.15, 0.2) is 0 Å². The number of rotatable bonds is 7. The first-order valence-corrected chi connectivity index (χ1v) is 11.6. The second-order valence-corrected chi connectivity index (χ2v) is 9.79. The Bertz CT molecular complexity index is 984. The largest absolute Gasteiger partial charge is 0.481 e. The van der Waals surface area contributed by atoms with Crippen LogP contribution in [0.3, 0.4) is 0 Å². The fourth-order valence-corrected chi connectivity index (χ4v) is 4.25. The van der Waals surface area contributed by atoms with Crippen LogP contribution in [0, 0.1) is 11.8 Å². The topological polar surface area (TPSA) is 95.9 Å². The number of carbonyl (C=O) groups is 3. The van der Waals surface area contributed by atoms with Gasteiger partial charge in [-0.05, 0) is 62.3 Å². The highest BCUT2D eigenvalue weighted by molar-refractivity contribution is 5.87. The molecule has 2 aromatic carbocycles. The van der Waals surface area contributed by atoms with E-state index < -0.39 is 23.6 Å². The standard InChI is InChI=1S/C26H34N2O5/c1-26(2,3)33-25(32)27-17-18-11-13-28(14-12-18)23(29)16-21(24(30)31)15-20-9-6-8-19-7-4-5-10-22(19)20/h4-10,18,21H,11-17H2,1-3H3,(H,27,32)(H,30,31). The predicted molar refractivity (Wildman–Crippen MR) is 127 cm³/mol. The van der Waals surface area contributed by atoms with Crippen molar-refractivity contribution in [3.8, 4) is 0 Å². The summed E-state index contributed by atoms with van der Waals surface area (Å²) in [4.78, 5) is 38.4. The highest BCUT2D eigenvalue weighted by Gasteiger charge is 2.28. The Morgan fingerprint density at radius 1 is 1.09 bits per heavy atom. The van der Waals surface area contributed by atoms with Crippen LogP contribution in [0.4, 0.5) is 4.79 Å². The van der Waals surface area contributed by atoms with E-state index in [0.29, 0.717) is 26.1 Å². The van der Waals surface area contributed by atoms with Crippen LogP contribution >= 0.6 is 0 Å². The van der Waals surface area contributed by atoms with Crippen LogP contribution in [0.25, 0.3) is 10.8 Å². The molecule has 2 N–H and O–H groups in total. The molecule has 1 fully saturated rings. The third-order valence-corrected chi connectivity index (χ3v) is 6.02. The predicted octanol–water partition coefficient (Wildman–Crippen LogP) is 4.24. The highest BCUT2D eigenvalue weighted by atomic mass is 16.6. The molecule has 1 saturated heterocycles. The summed E-state index contributed by atoms with van der Waals surface area (Å²) < 4.78 is 5.26. The number of hydrogen-bond donors (Lipinski definition) is 2. The summed E-state index contributed by atoms with van der Waals surface area (Å²) in [6.45, 7) is 7.11. The van der Waals surface area contributed by atoms with Crippen molar-refractivity contribution >= 4 is 28.7 Å². The fourth-order valence-electron chi connectivity index (χ4n) is 4.25. The molecule has 0 aromatic heterocycles. The molecule has 2 amide bonds. The molecule has 1 atom stereocenters. The van der Waals surface area contributed by atoms with Gasteiger partial charge in [-0.1, -0.05) is 42.5 Å². The van der Waals surface area contributed by atoms with Crippen molar-refractivity contribution in [3.63, 3.8) is 0 Å². The van der Waals surface area contributed by atoms with Gasteiger partial charge in [0.25, 0.3) is 0 Å². The Hall–Kier alpha value is -3.09. The lowest BCUT2D eigenvalue weighted by atomic mass is 9.91. The van der Waals surface area contributed by atoms with Crippen molar-refractivity contribution < 1.29 is 24.2 Å². The Morgan fingerprint density at radius 2 is 1.76 bits per heavy atom. The zero-order chi connectivity index (χ0) is 24.0. The highest BCUT2D eigenvalue weighted by Crippen LogP contribution is 2.24. The first-order chi connectivity index (χ1) is 15.6. The van der Waals surface area contributed by atoms with E-state index in [1.165, 1.54) is 0 Å². The summed E-state index contributed by atoms with van der Waals surface area (Å²) in [6, 6.07) is 13.7. The van der Waals surface area contributed by atoms with Gasteiger partial charge in [-0.25, -0.2) is 4.79 Å². The molecule has 0 radical (unpaired) electrons. The molecule has 3 rings (SSSR count). The van der Waals surface area contributed by atoms with E-state index >= 15 is 0 Å². The number of ether oxygens (including phenoxy) is 1. The van der Waals surface area contributed by atoms with Crippen LogP contribution in [0.2, 0.25) is 0 Å². The molecule has 7 heteroatoms. The number of piperidine rings is 1. The van der Waals surface area contributed by atoms with Gasteiger partial charge >= 0.3 is 12.1 Å². The van der Waals surface area contributed by atoms with Gasteiger partial charge in [-0.3, -0.25) is 9.59 Å². The molecular formula is C26H34N2O5. The van der Waals surface area contributed by atoms with E-state index in [4.69, 9.17) is 4.74 Å². The van der Waals surface area contributed by atoms with Crippen LogP contribution in [0.1, 0.15) is 45.6 Å². The second-order valence-electron chi connectivity index (χ2n) is 9.79. The van der Waals surface area contributed by atoms with Crippen LogP contribution in [0.5, 0.6) is 0 Å². The molecule has 1 heterocycles. The fraction of sp³-hybridized carbons (Fsp3) is 0.500. The summed E-state index contributed by atoms with van der Waals surface area (Å²) in [6.07, 6.45) is 1.40. The number of carbonyl (C=O) groups excluding carboxylic acids is 2. The number of carboxylic acid groups (broad SMARTS) is 1. The second kappa shape index (κ2) is 10.7. The average molecular weight is 455 g/mol. The molecule has 0 spiro atoms. The van der Waals surface area contributed by atoms with Gasteiger partial charge in [0.1, 0.15) is 5.60 Å². The number of carboxylic acids is 1. The minimum absolute atomic E-state index is 0.0145. The Morgan fingerprint density at radius 3 is 2.42 bits per heavy atom. The molecule has 33 heavy (non-hydrogen) atoms. The molecule has 2 aromatic rings. The van der Waals surface area contributed by atoms with Gasteiger partial charge in [0.2, 0.25) is 5.91 Å². The molecule has 0 aliphatic carbocycles. The third-order valence-electron chi connectivity index (χ3n) is 6.02. The number of nitrogens with zero attached hydrogens (tertiary/aromatic N) is 1. The molecule has 1 unspecified atom stereocenters. The zero-order valence-electron chi connectivity index (χ0n) is 19.7. The molecule has 0 bridgehead atoms. The van der Waals surface area contributed by atoms with Crippen LogP contribution in [-0.2, 0) is 20.7 Å². The molecule has 1 aliphatic rings. The number of likely N-dealkylation sites (tertiary alicyclic amines) is 1. The zero-order valence-corrected chi connectivity index (χ0v) is 19.7. The third kappa shape index (κ3) is 7.20. The van der Waals surface area contributed by atoms with Gasteiger partial charge in [0, 0.05) is 26.1 Å². The number of aliphatic carboxylic acids is 1. The lowest BCUT2D eigenvalue weighted by Crippen LogP contribution is -2.43. The van der Waals surface area contributed by atoms with E-state index in [2.05, 4.69) is 5.32 Å². The van der Waals surface area contributed by atoms with E-state index in [0.717, 1.165) is 29.2 Å². The molecular weight excluding hydrogens is 420 g/mol.